The summed E-state index contributed by atoms with van der Waals surface area (Å²) in [4.78, 5) is 10.4. The van der Waals surface area contributed by atoms with Crippen LogP contribution < -0.4 is 0 Å². The van der Waals surface area contributed by atoms with Gasteiger partial charge in [-0.25, -0.2) is 9.97 Å². The molecule has 288 valence electrons. The van der Waals surface area contributed by atoms with Gasteiger partial charge in [-0.2, -0.15) is 0 Å². The Morgan fingerprint density at radius 3 is 0.774 bits per heavy atom. The van der Waals surface area contributed by atoms with Gasteiger partial charge in [0.15, 0.2) is 0 Å². The smallest absolute Gasteiger partial charge is 0.0715 e. The minimum absolute atomic E-state index is 0.955. The quantitative estimate of drug-likeness (QED) is 0.157. The maximum atomic E-state index is 5.20. The maximum absolute atomic E-state index is 5.20. The number of hydrogen-bond donors (Lipinski definition) is 0. The van der Waals surface area contributed by atoms with Crippen molar-refractivity contribution in [3.63, 3.8) is 0 Å². The minimum atomic E-state index is 0.955. The van der Waals surface area contributed by atoms with Gasteiger partial charge >= 0.3 is 0 Å². The predicted molar refractivity (Wildman–Crippen MR) is 262 cm³/mol. The lowest BCUT2D eigenvalue weighted by atomic mass is 9.85. The fourth-order valence-corrected chi connectivity index (χ4v) is 9.45. The van der Waals surface area contributed by atoms with Gasteiger partial charge in [0.05, 0.1) is 22.8 Å². The van der Waals surface area contributed by atoms with E-state index in [4.69, 9.17) is 9.97 Å². The lowest BCUT2D eigenvalue weighted by Crippen LogP contribution is -1.93. The second-order valence-electron chi connectivity index (χ2n) is 16.1. The number of aromatic nitrogens is 2. The number of rotatable bonds is 6. The molecule has 2 nitrogen and oxygen atoms in total. The third kappa shape index (κ3) is 6.12. The van der Waals surface area contributed by atoms with E-state index in [1.165, 1.54) is 53.9 Å². The summed E-state index contributed by atoms with van der Waals surface area (Å²) in [6, 6.07) is 83.0. The molecule has 0 atom stereocenters. The SMILES string of the molecule is c1ccc(-c2cc(-c3ccc4c5ccccc5c5c6cc(-c7cc(-c8ccccc8)nc(-c8ccccc8)c7)ccc6c6ccccc6c5c4c3)cc(-c3ccccc3)n2)cc1. The normalized spacial score (nSPS) is 11.5. The van der Waals surface area contributed by atoms with Crippen molar-refractivity contribution in [3.8, 4) is 67.3 Å². The predicted octanol–water partition coefficient (Wildman–Crippen LogP) is 16.2. The molecule has 2 aromatic heterocycles. The van der Waals surface area contributed by atoms with Gasteiger partial charge in [-0.3, -0.25) is 0 Å². The van der Waals surface area contributed by atoms with E-state index in [0.29, 0.717) is 0 Å². The van der Waals surface area contributed by atoms with Gasteiger partial charge in [-0.15, -0.1) is 0 Å². The Balaban J connectivity index is 1.15. The molecular weight excluding hydrogens is 749 g/mol. The third-order valence-electron chi connectivity index (χ3n) is 12.4. The fourth-order valence-electron chi connectivity index (χ4n) is 9.45. The first-order valence-electron chi connectivity index (χ1n) is 21.2. The van der Waals surface area contributed by atoms with Crippen LogP contribution in [0.2, 0.25) is 0 Å². The summed E-state index contributed by atoms with van der Waals surface area (Å²) >= 11 is 0. The van der Waals surface area contributed by atoms with Crippen molar-refractivity contribution in [3.05, 3.63) is 231 Å². The molecule has 0 radical (unpaired) electrons. The minimum Gasteiger partial charge on any atom is -0.248 e. The van der Waals surface area contributed by atoms with Crippen molar-refractivity contribution >= 4 is 53.9 Å². The Kier molecular flexibility index (Phi) is 8.53. The van der Waals surface area contributed by atoms with Gasteiger partial charge in [-0.1, -0.05) is 194 Å². The summed E-state index contributed by atoms with van der Waals surface area (Å²) in [5, 5.41) is 12.5. The molecule has 0 aliphatic carbocycles. The first kappa shape index (κ1) is 35.7. The number of fused-ring (bicyclic) bond motifs is 11. The highest BCUT2D eigenvalue weighted by Gasteiger charge is 2.19. The van der Waals surface area contributed by atoms with Crippen molar-refractivity contribution in [2.45, 2.75) is 0 Å². The number of benzene rings is 10. The number of hydrogen-bond acceptors (Lipinski definition) is 2. The van der Waals surface area contributed by atoms with E-state index < -0.39 is 0 Å². The third-order valence-corrected chi connectivity index (χ3v) is 12.4. The molecule has 10 aromatic carbocycles. The number of nitrogens with zero attached hydrogens (tertiary/aromatic N) is 2. The van der Waals surface area contributed by atoms with Crippen LogP contribution >= 0.6 is 0 Å². The molecule has 12 aromatic rings. The van der Waals surface area contributed by atoms with Gasteiger partial charge in [-0.05, 0) is 113 Å². The Morgan fingerprint density at radius 1 is 0.177 bits per heavy atom. The average molecular weight is 787 g/mol. The zero-order valence-corrected chi connectivity index (χ0v) is 33.8. The van der Waals surface area contributed by atoms with Crippen molar-refractivity contribution in [1.29, 1.82) is 0 Å². The molecular formula is C60H38N2. The molecule has 12 rings (SSSR count). The van der Waals surface area contributed by atoms with E-state index >= 15 is 0 Å². The summed E-state index contributed by atoms with van der Waals surface area (Å²) < 4.78 is 0. The summed E-state index contributed by atoms with van der Waals surface area (Å²) in [5.41, 5.74) is 12.8. The molecule has 2 heterocycles. The largest absolute Gasteiger partial charge is 0.248 e. The first-order valence-corrected chi connectivity index (χ1v) is 21.2. The van der Waals surface area contributed by atoms with Crippen molar-refractivity contribution in [2.24, 2.45) is 0 Å². The van der Waals surface area contributed by atoms with Crippen molar-refractivity contribution < 1.29 is 0 Å². The zero-order valence-electron chi connectivity index (χ0n) is 33.8. The number of pyridine rings is 2. The average Bonchev–Trinajstić information content (AvgIpc) is 3.36. The van der Waals surface area contributed by atoms with Crippen molar-refractivity contribution in [2.75, 3.05) is 0 Å². The second-order valence-corrected chi connectivity index (χ2v) is 16.1. The van der Waals surface area contributed by atoms with Gasteiger partial charge in [0, 0.05) is 22.3 Å². The second kappa shape index (κ2) is 14.8. The van der Waals surface area contributed by atoms with Gasteiger partial charge in [0.1, 0.15) is 0 Å². The molecule has 0 spiro atoms. The highest BCUT2D eigenvalue weighted by Crippen LogP contribution is 2.46. The van der Waals surface area contributed by atoms with E-state index in [1.54, 1.807) is 0 Å². The highest BCUT2D eigenvalue weighted by atomic mass is 14.7. The molecule has 0 fully saturated rings. The Labute approximate surface area is 360 Å². The monoisotopic (exact) mass is 786 g/mol. The lowest BCUT2D eigenvalue weighted by molar-refractivity contribution is 1.32. The van der Waals surface area contributed by atoms with Gasteiger partial charge < -0.3 is 0 Å². The molecule has 2 heteroatoms. The first-order chi connectivity index (χ1) is 30.7. The summed E-state index contributed by atoms with van der Waals surface area (Å²) in [6.45, 7) is 0. The van der Waals surface area contributed by atoms with E-state index in [0.717, 1.165) is 67.3 Å². The molecule has 0 aliphatic heterocycles. The van der Waals surface area contributed by atoms with E-state index in [1.807, 2.05) is 0 Å². The molecule has 0 aliphatic rings. The van der Waals surface area contributed by atoms with Crippen LogP contribution in [0.5, 0.6) is 0 Å². The fraction of sp³-hybridized carbons (Fsp3) is 0. The lowest BCUT2D eigenvalue weighted by Gasteiger charge is -2.18. The van der Waals surface area contributed by atoms with Crippen LogP contribution in [-0.2, 0) is 0 Å². The zero-order chi connectivity index (χ0) is 41.0. The molecule has 0 bridgehead atoms. The standard InChI is InChI=1S/C60H38N2/c1-5-17-39(18-6-1)55-35-45(36-56(61-55)40-19-7-2-8-20-40)43-29-31-49-47-25-13-16-28-52(47)60-54-34-44(30-32-50(54)48-26-14-15-27-51(48)59(60)53(49)33-43)46-37-57(41-21-9-3-10-22-41)62-58(38-46)42-23-11-4-12-24-42/h1-38H. The Hall–Kier alpha value is -8.20. The van der Waals surface area contributed by atoms with Crippen LogP contribution in [0, 0.1) is 0 Å². The molecule has 0 unspecified atom stereocenters. The van der Waals surface area contributed by atoms with Gasteiger partial charge in [0.2, 0.25) is 0 Å². The van der Waals surface area contributed by atoms with Crippen LogP contribution in [0.1, 0.15) is 0 Å². The van der Waals surface area contributed by atoms with Crippen LogP contribution in [-0.4, -0.2) is 9.97 Å². The van der Waals surface area contributed by atoms with Gasteiger partial charge in [0.25, 0.3) is 0 Å². The van der Waals surface area contributed by atoms with Crippen LogP contribution in [0.4, 0.5) is 0 Å². The molecule has 62 heavy (non-hydrogen) atoms. The Morgan fingerprint density at radius 2 is 0.452 bits per heavy atom. The summed E-state index contributed by atoms with van der Waals surface area (Å²) in [6.07, 6.45) is 0. The molecule has 0 N–H and O–H groups in total. The molecule has 0 amide bonds. The van der Waals surface area contributed by atoms with Crippen molar-refractivity contribution in [1.82, 2.24) is 9.97 Å². The maximum Gasteiger partial charge on any atom is 0.0715 e. The van der Waals surface area contributed by atoms with E-state index in [-0.39, 0.29) is 0 Å². The van der Waals surface area contributed by atoms with E-state index in [9.17, 15) is 0 Å². The van der Waals surface area contributed by atoms with E-state index in [2.05, 4.69) is 231 Å². The topological polar surface area (TPSA) is 25.8 Å². The van der Waals surface area contributed by atoms with Crippen LogP contribution in [0.3, 0.4) is 0 Å². The van der Waals surface area contributed by atoms with Crippen LogP contribution in [0.15, 0.2) is 231 Å². The van der Waals surface area contributed by atoms with Crippen LogP contribution in [0.25, 0.3) is 121 Å². The molecule has 0 saturated heterocycles. The molecule has 0 saturated carbocycles. The highest BCUT2D eigenvalue weighted by molar-refractivity contribution is 6.39. The Bertz CT molecular complexity index is 3290. The summed E-state index contributed by atoms with van der Waals surface area (Å²) in [7, 11) is 0. The summed E-state index contributed by atoms with van der Waals surface area (Å²) in [5.74, 6) is 0.